The van der Waals surface area contributed by atoms with Crippen LogP contribution in [0.1, 0.15) is 43.8 Å². The first-order valence-electron chi connectivity index (χ1n) is 12.0. The number of rotatable bonds is 10. The van der Waals surface area contributed by atoms with Crippen LogP contribution in [0.4, 0.5) is 15.6 Å². The minimum atomic E-state index is -1.19. The van der Waals surface area contributed by atoms with Gasteiger partial charge in [0.2, 0.25) is 5.91 Å². The zero-order valence-electron chi connectivity index (χ0n) is 22.1. The van der Waals surface area contributed by atoms with Crippen molar-refractivity contribution >= 4 is 52.3 Å². The number of aromatic nitrogens is 1. The van der Waals surface area contributed by atoms with Crippen LogP contribution in [0.15, 0.2) is 53.5 Å². The maximum Gasteiger partial charge on any atom is 0.409 e. The normalized spacial score (nSPS) is 10.8. The van der Waals surface area contributed by atoms with Crippen LogP contribution in [0.3, 0.4) is 0 Å². The third-order valence-electron chi connectivity index (χ3n) is 5.56. The molecule has 1 aromatic heterocycles. The molecule has 0 radical (unpaired) electrons. The zero-order valence-corrected chi connectivity index (χ0v) is 22.9. The number of nitrogens with zero attached hydrogens (tertiary/aromatic N) is 4. The molecule has 11 nitrogen and oxygen atoms in total. The molecule has 0 aliphatic rings. The van der Waals surface area contributed by atoms with Crippen LogP contribution >= 0.6 is 11.3 Å². The van der Waals surface area contributed by atoms with E-state index in [-0.39, 0.29) is 17.7 Å². The number of anilines is 1. The van der Waals surface area contributed by atoms with Crippen molar-refractivity contribution in [2.75, 3.05) is 26.5 Å². The predicted octanol–water partition coefficient (Wildman–Crippen LogP) is 3.79. The van der Waals surface area contributed by atoms with Crippen molar-refractivity contribution in [3.05, 3.63) is 75.8 Å². The van der Waals surface area contributed by atoms with E-state index < -0.39 is 6.09 Å². The monoisotopic (exact) mass is 550 g/mol. The molecule has 3 rings (SSSR count). The summed E-state index contributed by atoms with van der Waals surface area (Å²) in [5, 5.41) is 13.9. The highest BCUT2D eigenvalue weighted by molar-refractivity contribution is 7.15. The highest BCUT2D eigenvalue weighted by Crippen LogP contribution is 2.26. The molecule has 204 valence electrons. The summed E-state index contributed by atoms with van der Waals surface area (Å²) >= 11 is 1.33. The van der Waals surface area contributed by atoms with Gasteiger partial charge in [-0.25, -0.2) is 14.8 Å². The number of amides is 4. The molecule has 3 aromatic rings. The summed E-state index contributed by atoms with van der Waals surface area (Å²) in [5.41, 5.74) is 3.37. The summed E-state index contributed by atoms with van der Waals surface area (Å²) in [7, 11) is 5.04. The highest BCUT2D eigenvalue weighted by Gasteiger charge is 2.19. The number of carboxylic acid groups (broad SMARTS) is 1. The Balaban J connectivity index is 1.70. The number of hydrogen-bond donors (Lipinski definition) is 3. The summed E-state index contributed by atoms with van der Waals surface area (Å²) in [4.78, 5) is 59.9. The lowest BCUT2D eigenvalue weighted by Gasteiger charge is -2.17. The van der Waals surface area contributed by atoms with E-state index in [2.05, 4.69) is 20.6 Å². The fourth-order valence-electron chi connectivity index (χ4n) is 3.60. The molecule has 2 aromatic carbocycles. The molecule has 1 heterocycles. The van der Waals surface area contributed by atoms with E-state index in [1.807, 2.05) is 12.1 Å². The summed E-state index contributed by atoms with van der Waals surface area (Å²) in [6.45, 7) is 1.71. The molecule has 0 unspecified atom stereocenters. The van der Waals surface area contributed by atoms with E-state index in [0.717, 1.165) is 22.5 Å². The van der Waals surface area contributed by atoms with Crippen LogP contribution in [0.5, 0.6) is 0 Å². The van der Waals surface area contributed by atoms with E-state index in [0.29, 0.717) is 41.3 Å². The van der Waals surface area contributed by atoms with Crippen molar-refractivity contribution in [3.8, 4) is 0 Å². The number of benzene rings is 2. The van der Waals surface area contributed by atoms with Gasteiger partial charge in [0.05, 0.1) is 24.3 Å². The van der Waals surface area contributed by atoms with Crippen molar-refractivity contribution in [2.24, 2.45) is 4.99 Å². The summed E-state index contributed by atoms with van der Waals surface area (Å²) in [5.74, 6) is -0.570. The lowest BCUT2D eigenvalue weighted by atomic mass is 10.1. The Morgan fingerprint density at radius 1 is 0.949 bits per heavy atom. The third kappa shape index (κ3) is 8.47. The van der Waals surface area contributed by atoms with Crippen LogP contribution in [0, 0.1) is 0 Å². The van der Waals surface area contributed by atoms with E-state index in [9.17, 15) is 19.2 Å². The number of nitrogens with one attached hydrogen (secondary N) is 2. The standard InChI is InChI=1S/C27H30N6O5S/c1-17(34)30-26-31-22(14-7-18-5-12-21(13-6-18)28-16-29-27(37)38)23(39-26)15-33(4)25(36)20-10-8-19(9-11-20)24(35)32(2)3/h5-6,8-13,16H,7,14-15H2,1-4H3,(H,28,29)(H,37,38)(H,30,31,34). The third-order valence-corrected chi connectivity index (χ3v) is 6.56. The van der Waals surface area contributed by atoms with Crippen molar-refractivity contribution < 1.29 is 24.3 Å². The Bertz CT molecular complexity index is 1370. The lowest BCUT2D eigenvalue weighted by Crippen LogP contribution is -2.26. The number of carbonyl (C=O) groups is 4. The van der Waals surface area contributed by atoms with Crippen molar-refractivity contribution in [1.29, 1.82) is 0 Å². The fraction of sp³-hybridized carbons (Fsp3) is 0.259. The number of aryl methyl sites for hydroxylation is 2. The molecular formula is C27H30N6O5S. The zero-order chi connectivity index (χ0) is 28.5. The van der Waals surface area contributed by atoms with Gasteiger partial charge in [-0.1, -0.05) is 23.5 Å². The molecule has 0 aliphatic heterocycles. The van der Waals surface area contributed by atoms with Gasteiger partial charge in [0.15, 0.2) is 5.13 Å². The SMILES string of the molecule is CC(=O)Nc1nc(CCc2ccc(N=CNC(=O)O)cc2)c(CN(C)C(=O)c2ccc(C(=O)N(C)C)cc2)s1. The van der Waals surface area contributed by atoms with Crippen molar-refractivity contribution in [3.63, 3.8) is 0 Å². The van der Waals surface area contributed by atoms with Crippen LogP contribution < -0.4 is 10.6 Å². The van der Waals surface area contributed by atoms with Gasteiger partial charge in [-0.2, -0.15) is 0 Å². The Kier molecular flexibility index (Phi) is 9.87. The molecule has 0 bridgehead atoms. The molecule has 4 amide bonds. The van der Waals surface area contributed by atoms with Crippen LogP contribution in [-0.2, 0) is 24.2 Å². The lowest BCUT2D eigenvalue weighted by molar-refractivity contribution is -0.114. The number of hydrogen-bond acceptors (Lipinski definition) is 7. The minimum Gasteiger partial charge on any atom is -0.465 e. The molecule has 12 heteroatoms. The molecule has 0 aliphatic carbocycles. The number of aliphatic imine (C=N–C) groups is 1. The number of carbonyl (C=O) groups excluding carboxylic acids is 3. The van der Waals surface area contributed by atoms with E-state index in [1.54, 1.807) is 62.4 Å². The second-order valence-electron chi connectivity index (χ2n) is 8.88. The van der Waals surface area contributed by atoms with Crippen LogP contribution in [-0.4, -0.2) is 71.2 Å². The fourth-order valence-corrected chi connectivity index (χ4v) is 4.71. The second-order valence-corrected chi connectivity index (χ2v) is 9.97. The van der Waals surface area contributed by atoms with Gasteiger partial charge in [0.25, 0.3) is 11.8 Å². The average Bonchev–Trinajstić information content (AvgIpc) is 3.27. The Morgan fingerprint density at radius 3 is 2.13 bits per heavy atom. The first-order valence-corrected chi connectivity index (χ1v) is 12.8. The molecule has 3 N–H and O–H groups in total. The first kappa shape index (κ1) is 29.0. The summed E-state index contributed by atoms with van der Waals surface area (Å²) in [6, 6.07) is 13.9. The van der Waals surface area contributed by atoms with Crippen LogP contribution in [0.25, 0.3) is 0 Å². The van der Waals surface area contributed by atoms with E-state index >= 15 is 0 Å². The smallest absolute Gasteiger partial charge is 0.409 e. The Morgan fingerprint density at radius 2 is 1.56 bits per heavy atom. The average molecular weight is 551 g/mol. The topological polar surface area (TPSA) is 144 Å². The molecule has 39 heavy (non-hydrogen) atoms. The summed E-state index contributed by atoms with van der Waals surface area (Å²) in [6.07, 6.45) is 1.16. The maximum absolute atomic E-state index is 13.1. The Hall–Kier alpha value is -4.58. The van der Waals surface area contributed by atoms with Gasteiger partial charge in [0.1, 0.15) is 0 Å². The summed E-state index contributed by atoms with van der Waals surface area (Å²) < 4.78 is 0. The van der Waals surface area contributed by atoms with Gasteiger partial charge >= 0.3 is 6.09 Å². The molecule has 0 spiro atoms. The van der Waals surface area contributed by atoms with Gasteiger partial charge < -0.3 is 20.2 Å². The largest absolute Gasteiger partial charge is 0.465 e. The van der Waals surface area contributed by atoms with E-state index in [1.165, 1.54) is 23.2 Å². The molecular weight excluding hydrogens is 520 g/mol. The number of thiazole rings is 1. The minimum absolute atomic E-state index is 0.139. The molecule has 0 fully saturated rings. The second kappa shape index (κ2) is 13.3. The van der Waals surface area contributed by atoms with Crippen molar-refractivity contribution in [2.45, 2.75) is 26.3 Å². The van der Waals surface area contributed by atoms with Gasteiger partial charge in [-0.05, 0) is 54.8 Å². The van der Waals surface area contributed by atoms with Gasteiger partial charge in [0, 0.05) is 44.1 Å². The van der Waals surface area contributed by atoms with Gasteiger partial charge in [-0.15, -0.1) is 0 Å². The molecule has 0 saturated carbocycles. The Labute approximate surface area is 230 Å². The molecule has 0 atom stereocenters. The first-order chi connectivity index (χ1) is 18.5. The maximum atomic E-state index is 13.1. The highest BCUT2D eigenvalue weighted by atomic mass is 32.1. The van der Waals surface area contributed by atoms with Crippen molar-refractivity contribution in [1.82, 2.24) is 20.1 Å². The molecule has 0 saturated heterocycles. The quantitative estimate of drug-likeness (QED) is 0.259. The van der Waals surface area contributed by atoms with Gasteiger partial charge in [-0.3, -0.25) is 19.7 Å². The predicted molar refractivity (Wildman–Crippen MR) is 150 cm³/mol. The van der Waals surface area contributed by atoms with E-state index in [4.69, 9.17) is 5.11 Å². The van der Waals surface area contributed by atoms with Crippen LogP contribution in [0.2, 0.25) is 0 Å².